The zero-order valence-electron chi connectivity index (χ0n) is 11.5. The molecular formula is C14H19NO4S. The number of methoxy groups -OCH3 is 1. The van der Waals surface area contributed by atoms with E-state index in [9.17, 15) is 13.2 Å². The number of hydrogen-bond acceptors (Lipinski definition) is 4. The molecule has 0 N–H and O–H groups in total. The van der Waals surface area contributed by atoms with Gasteiger partial charge in [0.1, 0.15) is 6.04 Å². The first-order chi connectivity index (χ1) is 9.54. The third-order valence-electron chi connectivity index (χ3n) is 3.48. The van der Waals surface area contributed by atoms with Gasteiger partial charge >= 0.3 is 5.97 Å². The first-order valence-corrected chi connectivity index (χ1v) is 8.27. The third-order valence-corrected chi connectivity index (χ3v) is 5.33. The minimum absolute atomic E-state index is 0.0820. The summed E-state index contributed by atoms with van der Waals surface area (Å²) >= 11 is 0. The van der Waals surface area contributed by atoms with E-state index in [1.54, 1.807) is 24.3 Å². The molecule has 20 heavy (non-hydrogen) atoms. The molecule has 1 atom stereocenters. The second-order valence-electron chi connectivity index (χ2n) is 4.89. The summed E-state index contributed by atoms with van der Waals surface area (Å²) in [5, 5.41) is 0. The van der Waals surface area contributed by atoms with Crippen LogP contribution in [0, 0.1) is 0 Å². The molecule has 0 aromatic heterocycles. The molecule has 0 spiro atoms. The molecule has 110 valence electrons. The minimum Gasteiger partial charge on any atom is -0.468 e. The molecule has 1 aliphatic rings. The van der Waals surface area contributed by atoms with Gasteiger partial charge in [0, 0.05) is 6.54 Å². The van der Waals surface area contributed by atoms with Crippen molar-refractivity contribution in [2.75, 3.05) is 13.7 Å². The second-order valence-corrected chi connectivity index (χ2v) is 6.81. The predicted molar refractivity (Wildman–Crippen MR) is 75.4 cm³/mol. The van der Waals surface area contributed by atoms with Crippen LogP contribution in [0.1, 0.15) is 24.8 Å². The molecule has 6 heteroatoms. The smallest absolute Gasteiger partial charge is 0.324 e. The van der Waals surface area contributed by atoms with Gasteiger partial charge in [0.25, 0.3) is 0 Å². The highest BCUT2D eigenvalue weighted by atomic mass is 32.2. The fourth-order valence-electron chi connectivity index (χ4n) is 2.48. The van der Waals surface area contributed by atoms with Crippen molar-refractivity contribution >= 4 is 16.0 Å². The highest BCUT2D eigenvalue weighted by molar-refractivity contribution is 7.88. The first-order valence-electron chi connectivity index (χ1n) is 6.66. The Labute approximate surface area is 119 Å². The lowest BCUT2D eigenvalue weighted by atomic mass is 10.1. The van der Waals surface area contributed by atoms with Crippen LogP contribution < -0.4 is 0 Å². The molecule has 0 amide bonds. The molecule has 1 saturated heterocycles. The van der Waals surface area contributed by atoms with E-state index >= 15 is 0 Å². The van der Waals surface area contributed by atoms with Crippen LogP contribution in [-0.2, 0) is 25.3 Å². The Morgan fingerprint density at radius 1 is 1.30 bits per heavy atom. The monoisotopic (exact) mass is 297 g/mol. The Kier molecular flexibility index (Phi) is 4.77. The average molecular weight is 297 g/mol. The van der Waals surface area contributed by atoms with Crippen LogP contribution >= 0.6 is 0 Å². The Bertz CT molecular complexity index is 556. The van der Waals surface area contributed by atoms with Gasteiger partial charge in [-0.2, -0.15) is 4.31 Å². The van der Waals surface area contributed by atoms with Gasteiger partial charge < -0.3 is 4.74 Å². The Morgan fingerprint density at radius 3 is 2.65 bits per heavy atom. The number of ether oxygens (including phenoxy) is 1. The molecule has 1 heterocycles. The lowest BCUT2D eigenvalue weighted by Gasteiger charge is -2.32. The summed E-state index contributed by atoms with van der Waals surface area (Å²) in [5.41, 5.74) is 0.724. The Morgan fingerprint density at radius 2 is 2.00 bits per heavy atom. The number of esters is 1. The largest absolute Gasteiger partial charge is 0.468 e. The summed E-state index contributed by atoms with van der Waals surface area (Å²) in [6.45, 7) is 0.384. The Balaban J connectivity index is 2.20. The van der Waals surface area contributed by atoms with Gasteiger partial charge in [-0.05, 0) is 24.8 Å². The van der Waals surface area contributed by atoms with Crippen LogP contribution in [0.25, 0.3) is 0 Å². The van der Waals surface area contributed by atoms with Crippen molar-refractivity contribution in [1.82, 2.24) is 4.31 Å². The molecule has 2 rings (SSSR count). The van der Waals surface area contributed by atoms with Gasteiger partial charge in [-0.1, -0.05) is 30.3 Å². The summed E-state index contributed by atoms with van der Waals surface area (Å²) < 4.78 is 31.0. The highest BCUT2D eigenvalue weighted by Crippen LogP contribution is 2.23. The van der Waals surface area contributed by atoms with E-state index in [4.69, 9.17) is 4.74 Å². The van der Waals surface area contributed by atoms with Crippen LogP contribution in [-0.4, -0.2) is 38.4 Å². The quantitative estimate of drug-likeness (QED) is 0.791. The third kappa shape index (κ3) is 3.37. The number of carbonyl (C=O) groups is 1. The number of hydrogen-bond donors (Lipinski definition) is 0. The van der Waals surface area contributed by atoms with Crippen molar-refractivity contribution in [2.24, 2.45) is 0 Å². The molecule has 1 aliphatic heterocycles. The maximum Gasteiger partial charge on any atom is 0.324 e. The van der Waals surface area contributed by atoms with Crippen LogP contribution in [0.4, 0.5) is 0 Å². The van der Waals surface area contributed by atoms with Gasteiger partial charge in [-0.15, -0.1) is 0 Å². The SMILES string of the molecule is COC(=O)C1CCCCN1S(=O)(=O)Cc1ccccc1. The lowest BCUT2D eigenvalue weighted by molar-refractivity contribution is -0.146. The van der Waals surface area contributed by atoms with Crippen molar-refractivity contribution in [3.05, 3.63) is 35.9 Å². The van der Waals surface area contributed by atoms with E-state index in [0.717, 1.165) is 18.4 Å². The fourth-order valence-corrected chi connectivity index (χ4v) is 4.24. The van der Waals surface area contributed by atoms with Crippen LogP contribution in [0.5, 0.6) is 0 Å². The van der Waals surface area contributed by atoms with Crippen molar-refractivity contribution in [3.8, 4) is 0 Å². The van der Waals surface area contributed by atoms with Gasteiger partial charge in [0.05, 0.1) is 12.9 Å². The number of rotatable bonds is 4. The molecule has 0 aliphatic carbocycles. The van der Waals surface area contributed by atoms with Crippen LogP contribution in [0.2, 0.25) is 0 Å². The van der Waals surface area contributed by atoms with Gasteiger partial charge in [0.15, 0.2) is 0 Å². The van der Waals surface area contributed by atoms with Crippen LogP contribution in [0.3, 0.4) is 0 Å². The summed E-state index contributed by atoms with van der Waals surface area (Å²) in [7, 11) is -2.22. The van der Waals surface area contributed by atoms with E-state index in [0.29, 0.717) is 13.0 Å². The second kappa shape index (κ2) is 6.37. The zero-order valence-corrected chi connectivity index (χ0v) is 12.3. The maximum absolute atomic E-state index is 12.5. The molecule has 1 aromatic rings. The van der Waals surface area contributed by atoms with E-state index in [-0.39, 0.29) is 5.75 Å². The van der Waals surface area contributed by atoms with E-state index < -0.39 is 22.0 Å². The number of sulfonamides is 1. The number of carbonyl (C=O) groups excluding carboxylic acids is 1. The van der Waals surface area contributed by atoms with Crippen molar-refractivity contribution in [3.63, 3.8) is 0 Å². The predicted octanol–water partition coefficient (Wildman–Crippen LogP) is 1.54. The van der Waals surface area contributed by atoms with Gasteiger partial charge in [-0.25, -0.2) is 8.42 Å². The first kappa shape index (κ1) is 15.0. The summed E-state index contributed by atoms with van der Waals surface area (Å²) in [6, 6.07) is 8.32. The standard InChI is InChI=1S/C14H19NO4S/c1-19-14(16)13-9-5-6-10-15(13)20(17,18)11-12-7-3-2-4-8-12/h2-4,7-8,13H,5-6,9-11H2,1H3. The van der Waals surface area contributed by atoms with Gasteiger partial charge in [0.2, 0.25) is 10.0 Å². The average Bonchev–Trinajstić information content (AvgIpc) is 2.47. The molecule has 0 radical (unpaired) electrons. The normalized spacial score (nSPS) is 20.6. The summed E-state index contributed by atoms with van der Waals surface area (Å²) in [4.78, 5) is 11.7. The molecule has 1 fully saturated rings. The van der Waals surface area contributed by atoms with Crippen molar-refractivity contribution in [2.45, 2.75) is 31.1 Å². The van der Waals surface area contributed by atoms with Gasteiger partial charge in [-0.3, -0.25) is 4.79 Å². The summed E-state index contributed by atoms with van der Waals surface area (Å²) in [5.74, 6) is -0.553. The summed E-state index contributed by atoms with van der Waals surface area (Å²) in [6.07, 6.45) is 2.15. The molecular weight excluding hydrogens is 278 g/mol. The van der Waals surface area contributed by atoms with E-state index in [1.807, 2.05) is 6.07 Å². The van der Waals surface area contributed by atoms with E-state index in [1.165, 1.54) is 11.4 Å². The van der Waals surface area contributed by atoms with Crippen molar-refractivity contribution in [1.29, 1.82) is 0 Å². The molecule has 5 nitrogen and oxygen atoms in total. The number of nitrogens with zero attached hydrogens (tertiary/aromatic N) is 1. The zero-order chi connectivity index (χ0) is 14.6. The fraction of sp³-hybridized carbons (Fsp3) is 0.500. The minimum atomic E-state index is -3.51. The Hall–Kier alpha value is -1.40. The van der Waals surface area contributed by atoms with Crippen molar-refractivity contribution < 1.29 is 17.9 Å². The molecule has 1 aromatic carbocycles. The molecule has 0 saturated carbocycles. The maximum atomic E-state index is 12.5. The molecule has 0 bridgehead atoms. The van der Waals surface area contributed by atoms with Crippen LogP contribution in [0.15, 0.2) is 30.3 Å². The highest BCUT2D eigenvalue weighted by Gasteiger charge is 2.37. The lowest BCUT2D eigenvalue weighted by Crippen LogP contribution is -2.48. The number of piperidine rings is 1. The topological polar surface area (TPSA) is 63.7 Å². The van der Waals surface area contributed by atoms with E-state index in [2.05, 4.69) is 0 Å². The number of benzene rings is 1. The molecule has 1 unspecified atom stereocenters.